The Labute approximate surface area is 165 Å². The van der Waals surface area contributed by atoms with Crippen LogP contribution in [0.1, 0.15) is 26.7 Å². The Bertz CT molecular complexity index is 1010. The first-order chi connectivity index (χ1) is 13.3. The van der Waals surface area contributed by atoms with Crippen LogP contribution in [0.2, 0.25) is 0 Å². The van der Waals surface area contributed by atoms with Crippen LogP contribution in [0.15, 0.2) is 47.4 Å². The van der Waals surface area contributed by atoms with Gasteiger partial charge in [0.05, 0.1) is 11.0 Å². The summed E-state index contributed by atoms with van der Waals surface area (Å²) >= 11 is 0. The van der Waals surface area contributed by atoms with Crippen molar-refractivity contribution >= 4 is 32.6 Å². The molecule has 0 saturated heterocycles. The van der Waals surface area contributed by atoms with Gasteiger partial charge in [0.15, 0.2) is 0 Å². The normalized spacial score (nSPS) is 12.2. The summed E-state index contributed by atoms with van der Waals surface area (Å²) in [6.45, 7) is 4.32. The van der Waals surface area contributed by atoms with Crippen LogP contribution in [0.4, 0.5) is 0 Å². The van der Waals surface area contributed by atoms with Gasteiger partial charge < -0.3 is 4.90 Å². The first-order valence-electron chi connectivity index (χ1n) is 9.05. The van der Waals surface area contributed by atoms with Crippen LogP contribution in [0.25, 0.3) is 10.8 Å². The molecule has 1 unspecified atom stereocenters. The Hall–Kier alpha value is -2.92. The summed E-state index contributed by atoms with van der Waals surface area (Å²) in [4.78, 5) is 26.6. The highest BCUT2D eigenvalue weighted by molar-refractivity contribution is 7.90. The lowest BCUT2D eigenvalue weighted by atomic mass is 10.0. The second kappa shape index (κ2) is 9.33. The quantitative estimate of drug-likeness (QED) is 0.684. The number of benzene rings is 2. The molecular weight excluding hydrogens is 378 g/mol. The fourth-order valence-corrected chi connectivity index (χ4v) is 3.98. The molecule has 0 fully saturated rings. The summed E-state index contributed by atoms with van der Waals surface area (Å²) in [6, 6.07) is 13.7. The van der Waals surface area contributed by atoms with Crippen molar-refractivity contribution < 1.29 is 18.0 Å². The molecule has 0 aliphatic heterocycles. The van der Waals surface area contributed by atoms with Crippen LogP contribution >= 0.6 is 0 Å². The zero-order valence-electron chi connectivity index (χ0n) is 15.9. The van der Waals surface area contributed by atoms with E-state index in [1.54, 1.807) is 32.0 Å². The fourth-order valence-electron chi connectivity index (χ4n) is 2.93. The molecule has 28 heavy (non-hydrogen) atoms. The first-order valence-corrected chi connectivity index (χ1v) is 10.5. The molecular formula is C20H23N3O4S. The molecule has 1 N–H and O–H groups in total. The maximum atomic E-state index is 12.7. The highest BCUT2D eigenvalue weighted by Crippen LogP contribution is 2.20. The van der Waals surface area contributed by atoms with E-state index in [1.165, 1.54) is 17.0 Å². The highest BCUT2D eigenvalue weighted by Gasteiger charge is 2.32. The van der Waals surface area contributed by atoms with Crippen molar-refractivity contribution in [2.45, 2.75) is 31.6 Å². The van der Waals surface area contributed by atoms with Crippen molar-refractivity contribution in [2.24, 2.45) is 5.92 Å². The van der Waals surface area contributed by atoms with Gasteiger partial charge in [-0.25, -0.2) is 13.1 Å². The van der Waals surface area contributed by atoms with E-state index in [-0.39, 0.29) is 17.7 Å². The molecule has 0 radical (unpaired) electrons. The van der Waals surface area contributed by atoms with Crippen molar-refractivity contribution in [3.63, 3.8) is 0 Å². The minimum atomic E-state index is -4.15. The van der Waals surface area contributed by atoms with Crippen LogP contribution in [-0.4, -0.2) is 38.2 Å². The molecule has 0 bridgehead atoms. The third kappa shape index (κ3) is 4.87. The molecule has 0 aromatic heterocycles. The number of amides is 2. The third-order valence-electron chi connectivity index (χ3n) is 4.50. The number of carbonyl (C=O) groups excluding carboxylic acids is 2. The number of carbonyl (C=O) groups is 2. The summed E-state index contributed by atoms with van der Waals surface area (Å²) in [5.74, 6) is -2.62. The molecule has 2 rings (SSSR count). The summed E-state index contributed by atoms with van der Waals surface area (Å²) in [6.07, 6.45) is -0.0635. The van der Waals surface area contributed by atoms with E-state index in [4.69, 9.17) is 5.26 Å². The van der Waals surface area contributed by atoms with Crippen LogP contribution in [-0.2, 0) is 19.6 Å². The van der Waals surface area contributed by atoms with Gasteiger partial charge >= 0.3 is 0 Å². The molecule has 1 atom stereocenters. The number of nitriles is 1. The van der Waals surface area contributed by atoms with Gasteiger partial charge in [0.2, 0.25) is 11.8 Å². The Kier molecular flexibility index (Phi) is 7.12. The number of hydrogen-bond donors (Lipinski definition) is 1. The lowest BCUT2D eigenvalue weighted by molar-refractivity contribution is -0.141. The molecule has 7 nitrogen and oxygen atoms in total. The Morgan fingerprint density at radius 1 is 1.11 bits per heavy atom. The molecule has 0 aliphatic carbocycles. The molecule has 148 valence electrons. The molecule has 8 heteroatoms. The van der Waals surface area contributed by atoms with E-state index in [2.05, 4.69) is 0 Å². The second-order valence-electron chi connectivity index (χ2n) is 6.24. The minimum absolute atomic E-state index is 0.0267. The van der Waals surface area contributed by atoms with Crippen molar-refractivity contribution in [3.8, 4) is 6.07 Å². The van der Waals surface area contributed by atoms with Gasteiger partial charge in [-0.1, -0.05) is 30.3 Å². The predicted molar refractivity (Wildman–Crippen MR) is 106 cm³/mol. The van der Waals surface area contributed by atoms with E-state index < -0.39 is 27.8 Å². The van der Waals surface area contributed by atoms with Crippen molar-refractivity contribution in [1.29, 1.82) is 5.26 Å². The van der Waals surface area contributed by atoms with Gasteiger partial charge in [-0.15, -0.1) is 0 Å². The topological polar surface area (TPSA) is 107 Å². The Balaban J connectivity index is 2.28. The summed E-state index contributed by atoms with van der Waals surface area (Å²) in [7, 11) is -4.15. The van der Waals surface area contributed by atoms with Gasteiger partial charge in [0, 0.05) is 19.5 Å². The Morgan fingerprint density at radius 3 is 2.36 bits per heavy atom. The van der Waals surface area contributed by atoms with Gasteiger partial charge in [-0.2, -0.15) is 5.26 Å². The smallest absolute Gasteiger partial charge is 0.264 e. The molecule has 2 amide bonds. The van der Waals surface area contributed by atoms with E-state index in [1.807, 2.05) is 22.9 Å². The largest absolute Gasteiger partial charge is 0.343 e. The van der Waals surface area contributed by atoms with E-state index in [0.29, 0.717) is 13.1 Å². The average Bonchev–Trinajstić information content (AvgIpc) is 2.68. The number of fused-ring (bicyclic) bond motifs is 1. The number of rotatable bonds is 8. The predicted octanol–water partition coefficient (Wildman–Crippen LogP) is 2.43. The molecule has 0 heterocycles. The van der Waals surface area contributed by atoms with Crippen molar-refractivity contribution in [1.82, 2.24) is 9.62 Å². The second-order valence-corrected chi connectivity index (χ2v) is 7.92. The van der Waals surface area contributed by atoms with Crippen LogP contribution in [0.3, 0.4) is 0 Å². The van der Waals surface area contributed by atoms with Crippen molar-refractivity contribution in [3.05, 3.63) is 42.5 Å². The Morgan fingerprint density at radius 2 is 1.75 bits per heavy atom. The maximum absolute atomic E-state index is 12.7. The van der Waals surface area contributed by atoms with Crippen LogP contribution in [0, 0.1) is 17.2 Å². The number of nitrogens with zero attached hydrogens (tertiary/aromatic N) is 2. The summed E-state index contributed by atoms with van der Waals surface area (Å²) in [5.41, 5.74) is 0. The number of hydrogen-bond acceptors (Lipinski definition) is 5. The van der Waals surface area contributed by atoms with Crippen LogP contribution < -0.4 is 4.72 Å². The van der Waals surface area contributed by atoms with Crippen molar-refractivity contribution in [2.75, 3.05) is 13.1 Å². The zero-order chi connectivity index (χ0) is 20.7. The number of sulfonamides is 1. The SMILES string of the molecule is CCN(CC)C(=O)C(CCC#N)C(=O)NS(=O)(=O)c1ccc2ccccc2c1. The fraction of sp³-hybridized carbons (Fsp3) is 0.350. The maximum Gasteiger partial charge on any atom is 0.264 e. The van der Waals surface area contributed by atoms with E-state index in [9.17, 15) is 18.0 Å². The van der Waals surface area contributed by atoms with E-state index in [0.717, 1.165) is 10.8 Å². The highest BCUT2D eigenvalue weighted by atomic mass is 32.2. The van der Waals surface area contributed by atoms with Gasteiger partial charge in [-0.3, -0.25) is 9.59 Å². The monoisotopic (exact) mass is 401 g/mol. The molecule has 0 saturated carbocycles. The van der Waals surface area contributed by atoms with Crippen LogP contribution in [0.5, 0.6) is 0 Å². The molecule has 0 aliphatic rings. The van der Waals surface area contributed by atoms with Gasteiger partial charge in [-0.05, 0) is 43.2 Å². The summed E-state index contributed by atoms with van der Waals surface area (Å²) in [5, 5.41) is 10.4. The number of nitrogens with one attached hydrogen (secondary N) is 1. The lowest BCUT2D eigenvalue weighted by Crippen LogP contribution is -2.45. The molecule has 0 spiro atoms. The average molecular weight is 401 g/mol. The lowest BCUT2D eigenvalue weighted by Gasteiger charge is -2.24. The zero-order valence-corrected chi connectivity index (χ0v) is 16.7. The molecule has 2 aromatic carbocycles. The standard InChI is InChI=1S/C20H23N3O4S/c1-3-23(4-2)20(25)18(10-7-13-21)19(24)22-28(26,27)17-12-11-15-8-5-6-9-16(15)14-17/h5-6,8-9,11-12,14,18H,3-4,7,10H2,1-2H3,(H,22,24). The minimum Gasteiger partial charge on any atom is -0.343 e. The third-order valence-corrected chi connectivity index (χ3v) is 5.85. The van der Waals surface area contributed by atoms with E-state index >= 15 is 0 Å². The summed E-state index contributed by atoms with van der Waals surface area (Å²) < 4.78 is 27.4. The van der Waals surface area contributed by atoms with Gasteiger partial charge in [0.1, 0.15) is 5.92 Å². The molecule has 2 aromatic rings. The first kappa shape index (κ1) is 21.4. The van der Waals surface area contributed by atoms with Gasteiger partial charge in [0.25, 0.3) is 10.0 Å².